The first-order valence-electron chi connectivity index (χ1n) is 29.4. The van der Waals surface area contributed by atoms with Gasteiger partial charge in [0.15, 0.2) is 0 Å². The molecule has 21 heteroatoms. The quantitative estimate of drug-likeness (QED) is 0.0122. The molecule has 4 aromatic rings. The van der Waals surface area contributed by atoms with Gasteiger partial charge in [-0.1, -0.05) is 81.1 Å². The minimum atomic E-state index is -1.06. The van der Waals surface area contributed by atoms with Crippen LogP contribution in [-0.2, 0) is 70.0 Å². The van der Waals surface area contributed by atoms with E-state index in [0.29, 0.717) is 76.1 Å². The van der Waals surface area contributed by atoms with Crippen molar-refractivity contribution in [2.45, 2.75) is 113 Å². The van der Waals surface area contributed by atoms with E-state index in [1.165, 1.54) is 25.1 Å². The Balaban J connectivity index is 0.00000227. The topological polar surface area (TPSA) is 251 Å². The summed E-state index contributed by atoms with van der Waals surface area (Å²) in [5, 5.41) is 13.5. The third-order valence-corrected chi connectivity index (χ3v) is 12.6. The van der Waals surface area contributed by atoms with Crippen LogP contribution < -0.4 is 26.6 Å². The predicted octanol–water partition coefficient (Wildman–Crippen LogP) is 10.5. The Bertz CT molecular complexity index is 2540. The van der Waals surface area contributed by atoms with Crippen molar-refractivity contribution >= 4 is 58.9 Å². The van der Waals surface area contributed by atoms with Crippen LogP contribution in [0.15, 0.2) is 97.1 Å². The van der Waals surface area contributed by atoms with Crippen molar-refractivity contribution in [3.05, 3.63) is 125 Å². The number of carbonyl (C=O) groups excluding carboxylic acids is 7. The Hall–Kier alpha value is -7.43. The monoisotopic (exact) mass is 1230 g/mol. The fourth-order valence-electron chi connectivity index (χ4n) is 7.82. The van der Waals surface area contributed by atoms with Gasteiger partial charge in [-0.3, -0.25) is 39.5 Å². The number of rotatable bonds is 37. The maximum Gasteiger partial charge on any atom is 0.411 e. The molecule has 0 saturated carbocycles. The second kappa shape index (κ2) is 48.6. The highest BCUT2D eigenvalue weighted by Gasteiger charge is 2.35. The summed E-state index contributed by atoms with van der Waals surface area (Å²) in [7, 11) is 10.9. The molecule has 0 spiro atoms. The Morgan fingerprint density at radius 3 is 1.23 bits per heavy atom. The molecule has 0 unspecified atom stereocenters. The fourth-order valence-corrected chi connectivity index (χ4v) is 7.82. The average Bonchev–Trinajstić information content (AvgIpc) is 3.69. The highest BCUT2D eigenvalue weighted by atomic mass is 16.6. The second-order valence-corrected chi connectivity index (χ2v) is 21.3. The van der Waals surface area contributed by atoms with Crippen LogP contribution in [0.1, 0.15) is 121 Å². The van der Waals surface area contributed by atoms with Crippen molar-refractivity contribution in [3.63, 3.8) is 0 Å². The smallest absolute Gasteiger partial charge is 0.411 e. The molecule has 492 valence electrons. The number of hydrogen-bond acceptors (Lipinski definition) is 16. The molecule has 4 aromatic carbocycles. The summed E-state index contributed by atoms with van der Waals surface area (Å²) in [5.74, 6) is -1.31. The maximum absolute atomic E-state index is 12.2. The lowest BCUT2D eigenvalue weighted by atomic mass is 9.91. The van der Waals surface area contributed by atoms with Gasteiger partial charge in [0.05, 0.1) is 39.6 Å². The third kappa shape index (κ3) is 39.4. The molecule has 4 rings (SSSR count). The molecule has 5 amide bonds. The van der Waals surface area contributed by atoms with E-state index in [1.54, 1.807) is 28.1 Å². The van der Waals surface area contributed by atoms with Gasteiger partial charge in [-0.2, -0.15) is 0 Å². The van der Waals surface area contributed by atoms with E-state index in [1.807, 2.05) is 98.8 Å². The summed E-state index contributed by atoms with van der Waals surface area (Å²) >= 11 is 0. The molecule has 5 N–H and O–H groups in total. The number of hydrogen-bond donors (Lipinski definition) is 5. The van der Waals surface area contributed by atoms with Gasteiger partial charge in [-0.05, 0) is 165 Å². The fraction of sp³-hybridized carbons (Fsp3) is 0.537. The van der Waals surface area contributed by atoms with Crippen molar-refractivity contribution in [2.75, 3.05) is 137 Å². The first-order chi connectivity index (χ1) is 41.2. The van der Waals surface area contributed by atoms with Crippen LogP contribution in [0.5, 0.6) is 0 Å². The first-order valence-corrected chi connectivity index (χ1v) is 29.4. The van der Waals surface area contributed by atoms with Gasteiger partial charge in [0.25, 0.3) is 0 Å². The highest BCUT2D eigenvalue weighted by Crippen LogP contribution is 2.19. The Morgan fingerprint density at radius 1 is 0.466 bits per heavy atom. The molecule has 21 nitrogen and oxygen atoms in total. The average molecular weight is 1230 g/mol. The number of carbonyl (C=O) groups is 7. The van der Waals surface area contributed by atoms with Crippen LogP contribution in [0.4, 0.5) is 26.7 Å². The summed E-state index contributed by atoms with van der Waals surface area (Å²) in [5.41, 5.74) is 6.77. The Labute approximate surface area is 525 Å². The number of nitrogens with zero attached hydrogens (tertiary/aromatic N) is 2. The number of aryl methyl sites for hydroxylation is 1. The number of benzene rings is 4. The standard InChI is InChI=1S/C47H57N3O10.C15H31N3O4.C3H9N.2CH4/c1-35-11-13-37(14-12-35)33-39-17-23-42(24-18-39)49-46(54)59-27-7-3-5-9-44(52)57-31-29-56-30-32-58-45(53)10-6-4-8-28-60-47(55)50-43-25-19-40(20-26-43)34-38-15-21-41(22-16-38)48-36(2)51;1-15(2,13(19)16-3)14(20)17-7-6-8-18(9-11-21-4)10-12-22-5;1-4(2)3;;/h11-26H,3-10,27-34H2,1-2H3,(H,48,51)(H,49,54)(H,50,55);6-12H2,1-5H3,(H,16,19)(H,17,20);1-3H3;2*1H4. The van der Waals surface area contributed by atoms with Gasteiger partial charge in [-0.15, -0.1) is 0 Å². The molecule has 0 fully saturated rings. The molecular formula is C67H105N7O14. The molecule has 0 radical (unpaired) electrons. The van der Waals surface area contributed by atoms with Crippen LogP contribution in [-0.4, -0.2) is 173 Å². The van der Waals surface area contributed by atoms with Crippen molar-refractivity contribution in [3.8, 4) is 0 Å². The molecule has 0 aliphatic carbocycles. The zero-order valence-corrected chi connectivity index (χ0v) is 52.6. The molecule has 0 aliphatic heterocycles. The van der Waals surface area contributed by atoms with Crippen LogP contribution in [0.25, 0.3) is 0 Å². The van der Waals surface area contributed by atoms with E-state index >= 15 is 0 Å². The predicted molar refractivity (Wildman–Crippen MR) is 349 cm³/mol. The van der Waals surface area contributed by atoms with Crippen LogP contribution in [0.2, 0.25) is 0 Å². The lowest BCUT2D eigenvalue weighted by Gasteiger charge is -2.23. The highest BCUT2D eigenvalue weighted by molar-refractivity contribution is 6.04. The molecule has 0 heterocycles. The van der Waals surface area contributed by atoms with E-state index in [4.69, 9.17) is 33.2 Å². The van der Waals surface area contributed by atoms with Gasteiger partial charge in [0.1, 0.15) is 18.6 Å². The second-order valence-electron chi connectivity index (χ2n) is 21.3. The Kier molecular flexibility index (Phi) is 44.5. The molecule has 0 saturated heterocycles. The number of methoxy groups -OCH3 is 2. The number of anilines is 3. The van der Waals surface area contributed by atoms with E-state index in [9.17, 15) is 33.6 Å². The summed E-state index contributed by atoms with van der Waals surface area (Å²) in [6, 6.07) is 31.3. The summed E-state index contributed by atoms with van der Waals surface area (Å²) in [6.45, 7) is 12.2. The zero-order chi connectivity index (χ0) is 63.4. The molecule has 0 aromatic heterocycles. The lowest BCUT2D eigenvalue weighted by Crippen LogP contribution is -2.47. The van der Waals surface area contributed by atoms with E-state index < -0.39 is 17.6 Å². The SMILES string of the molecule is C.C.CC(=O)Nc1ccc(Cc2ccc(NC(=O)OCCCCCC(=O)OCCOCCOC(=O)CCCCCOC(=O)Nc3ccc(Cc4ccc(C)cc4)cc3)cc2)cc1.CN(C)C.CNC(=O)C(C)(C)C(=O)NCCCN(CCOC)CCOC. The molecule has 88 heavy (non-hydrogen) atoms. The molecule has 0 atom stereocenters. The largest absolute Gasteiger partial charge is 0.463 e. The number of ether oxygens (including phenoxy) is 7. The Morgan fingerprint density at radius 2 is 0.852 bits per heavy atom. The van der Waals surface area contributed by atoms with Crippen LogP contribution in [0, 0.1) is 12.3 Å². The normalized spacial score (nSPS) is 10.5. The number of nitrogens with one attached hydrogen (secondary N) is 5. The summed E-state index contributed by atoms with van der Waals surface area (Å²) < 4.78 is 36.4. The molecule has 0 aliphatic rings. The van der Waals surface area contributed by atoms with E-state index in [-0.39, 0.29) is 97.0 Å². The minimum Gasteiger partial charge on any atom is -0.463 e. The lowest BCUT2D eigenvalue weighted by molar-refractivity contribution is -0.147. The molecular weight excluding hydrogens is 1130 g/mol. The van der Waals surface area contributed by atoms with Crippen molar-refractivity contribution in [1.29, 1.82) is 0 Å². The number of amides is 5. The minimum absolute atomic E-state index is 0. The number of unbranched alkanes of at least 4 members (excludes halogenated alkanes) is 4. The van der Waals surface area contributed by atoms with Crippen molar-refractivity contribution in [2.24, 2.45) is 5.41 Å². The molecule has 0 bridgehead atoms. The summed E-state index contributed by atoms with van der Waals surface area (Å²) in [4.78, 5) is 87.4. The van der Waals surface area contributed by atoms with Gasteiger partial charge in [-0.25, -0.2) is 9.59 Å². The van der Waals surface area contributed by atoms with Gasteiger partial charge in [0.2, 0.25) is 17.7 Å². The van der Waals surface area contributed by atoms with Crippen LogP contribution in [0.3, 0.4) is 0 Å². The van der Waals surface area contributed by atoms with Gasteiger partial charge < -0.3 is 54.0 Å². The van der Waals surface area contributed by atoms with Gasteiger partial charge >= 0.3 is 24.1 Å². The van der Waals surface area contributed by atoms with Crippen molar-refractivity contribution in [1.82, 2.24) is 20.4 Å². The third-order valence-electron chi connectivity index (χ3n) is 12.6. The zero-order valence-electron chi connectivity index (χ0n) is 52.6. The van der Waals surface area contributed by atoms with E-state index in [0.717, 1.165) is 54.9 Å². The maximum atomic E-state index is 12.2. The van der Waals surface area contributed by atoms with Crippen molar-refractivity contribution < 1.29 is 66.7 Å². The first kappa shape index (κ1) is 80.6. The summed E-state index contributed by atoms with van der Waals surface area (Å²) in [6.07, 6.45) is 5.66. The van der Waals surface area contributed by atoms with Gasteiger partial charge in [0, 0.05) is 77.7 Å². The van der Waals surface area contributed by atoms with E-state index in [2.05, 4.69) is 62.7 Å². The van der Waals surface area contributed by atoms with Crippen LogP contribution >= 0.6 is 0 Å². The number of esters is 2.